The molecule has 0 N–H and O–H groups in total. The Bertz CT molecular complexity index is 696. The van der Waals surface area contributed by atoms with Crippen molar-refractivity contribution in [1.82, 2.24) is 0 Å². The molecule has 2 aromatic carbocycles. The average Bonchev–Trinajstić information content (AvgIpc) is 2.72. The van der Waals surface area contributed by atoms with Crippen LogP contribution >= 0.6 is 23.5 Å². The number of unbranched alkanes of at least 4 members (excludes halogenated alkanes) is 4. The third-order valence-corrected chi connectivity index (χ3v) is 6.68. The summed E-state index contributed by atoms with van der Waals surface area (Å²) in [4.78, 5) is 14.2. The lowest BCUT2D eigenvalue weighted by Crippen LogP contribution is -2.16. The van der Waals surface area contributed by atoms with Gasteiger partial charge in [-0.05, 0) is 61.4 Å². The predicted octanol–water partition coefficient (Wildman–Crippen LogP) is 7.46. The van der Waals surface area contributed by atoms with Gasteiger partial charge in [0.15, 0.2) is 0 Å². The summed E-state index contributed by atoms with van der Waals surface area (Å²) in [6.07, 6.45) is 6.67. The number of carbonyl (C=O) groups is 1. The van der Waals surface area contributed by atoms with E-state index in [1.165, 1.54) is 65.6 Å². The normalized spacial score (nSPS) is 12.0. The molecule has 0 bridgehead atoms. The third kappa shape index (κ3) is 7.92. The van der Waals surface area contributed by atoms with E-state index < -0.39 is 0 Å². The van der Waals surface area contributed by atoms with Crippen molar-refractivity contribution in [3.63, 3.8) is 0 Å². The van der Waals surface area contributed by atoms with Gasteiger partial charge in [-0.25, -0.2) is 0 Å². The van der Waals surface area contributed by atoms with Gasteiger partial charge in [-0.1, -0.05) is 56.9 Å². The maximum Gasteiger partial charge on any atom is 0.319 e. The summed E-state index contributed by atoms with van der Waals surface area (Å²) < 4.78 is 5.07. The van der Waals surface area contributed by atoms with Crippen LogP contribution in [0.5, 0.6) is 0 Å². The molecule has 0 amide bonds. The first-order chi connectivity index (χ1) is 13.6. The predicted molar refractivity (Wildman–Crippen MR) is 123 cm³/mol. The number of hydrogen-bond donors (Lipinski definition) is 0. The van der Waals surface area contributed by atoms with Gasteiger partial charge in [0.25, 0.3) is 0 Å². The van der Waals surface area contributed by atoms with E-state index in [0.29, 0.717) is 6.61 Å². The lowest BCUT2D eigenvalue weighted by molar-refractivity contribution is -0.142. The Morgan fingerprint density at radius 1 is 0.857 bits per heavy atom. The van der Waals surface area contributed by atoms with E-state index in [-0.39, 0.29) is 11.2 Å². The molecule has 0 saturated carbocycles. The molecule has 0 aliphatic rings. The highest BCUT2D eigenvalue weighted by atomic mass is 32.2. The summed E-state index contributed by atoms with van der Waals surface area (Å²) in [6.45, 7) is 6.40. The van der Waals surface area contributed by atoms with Crippen LogP contribution < -0.4 is 0 Å². The second-order valence-electron chi connectivity index (χ2n) is 6.82. The molecule has 0 heterocycles. The Hall–Kier alpha value is -1.39. The Labute approximate surface area is 178 Å². The van der Waals surface area contributed by atoms with Gasteiger partial charge in [-0.2, -0.15) is 0 Å². The molecule has 1 atom stereocenters. The Morgan fingerprint density at radius 2 is 1.43 bits per heavy atom. The molecule has 0 saturated heterocycles. The quantitative estimate of drug-likeness (QED) is 0.204. The van der Waals surface area contributed by atoms with E-state index in [9.17, 15) is 4.79 Å². The van der Waals surface area contributed by atoms with Crippen molar-refractivity contribution in [1.29, 1.82) is 0 Å². The number of ether oxygens (including phenoxy) is 1. The van der Waals surface area contributed by atoms with Crippen LogP contribution in [0.4, 0.5) is 0 Å². The highest BCUT2D eigenvalue weighted by Gasteiger charge is 2.15. The Balaban J connectivity index is 1.84. The van der Waals surface area contributed by atoms with Gasteiger partial charge in [-0.15, -0.1) is 23.5 Å². The first kappa shape index (κ1) is 22.9. The topological polar surface area (TPSA) is 26.3 Å². The van der Waals surface area contributed by atoms with Gasteiger partial charge in [0.05, 0.1) is 6.61 Å². The van der Waals surface area contributed by atoms with Crippen LogP contribution in [0.25, 0.3) is 11.1 Å². The molecule has 4 heteroatoms. The molecule has 2 rings (SSSR count). The molecule has 0 radical (unpaired) electrons. The van der Waals surface area contributed by atoms with Crippen molar-refractivity contribution >= 4 is 29.5 Å². The Morgan fingerprint density at radius 3 is 2.00 bits per heavy atom. The lowest BCUT2D eigenvalue weighted by Gasteiger charge is -2.10. The minimum Gasteiger partial charge on any atom is -0.465 e. The summed E-state index contributed by atoms with van der Waals surface area (Å²) in [5.74, 6) is 1.04. The number of hydrogen-bond acceptors (Lipinski definition) is 4. The molecule has 0 aliphatic heterocycles. The fourth-order valence-electron chi connectivity index (χ4n) is 2.88. The van der Waals surface area contributed by atoms with E-state index in [1.54, 1.807) is 0 Å². The van der Waals surface area contributed by atoms with Crippen molar-refractivity contribution in [3.05, 3.63) is 48.5 Å². The van der Waals surface area contributed by atoms with Crippen molar-refractivity contribution in [3.8, 4) is 11.1 Å². The van der Waals surface area contributed by atoms with Crippen molar-refractivity contribution in [2.45, 2.75) is 67.9 Å². The molecule has 0 unspecified atom stereocenters. The molecule has 0 aromatic heterocycles. The molecule has 28 heavy (non-hydrogen) atoms. The minimum atomic E-state index is -0.191. The highest BCUT2D eigenvalue weighted by Crippen LogP contribution is 2.29. The zero-order valence-electron chi connectivity index (χ0n) is 17.3. The lowest BCUT2D eigenvalue weighted by atomic mass is 10.1. The van der Waals surface area contributed by atoms with Gasteiger partial charge in [-0.3, -0.25) is 4.79 Å². The molecule has 0 spiro atoms. The molecular weight excluding hydrogens is 384 g/mol. The largest absolute Gasteiger partial charge is 0.465 e. The molecule has 0 fully saturated rings. The monoisotopic (exact) mass is 416 g/mol. The van der Waals surface area contributed by atoms with E-state index in [0.717, 1.165) is 4.90 Å². The Kier molecular flexibility index (Phi) is 10.6. The zero-order chi connectivity index (χ0) is 20.2. The van der Waals surface area contributed by atoms with Gasteiger partial charge in [0.2, 0.25) is 0 Å². The maximum absolute atomic E-state index is 11.8. The van der Waals surface area contributed by atoms with Gasteiger partial charge < -0.3 is 4.74 Å². The summed E-state index contributed by atoms with van der Waals surface area (Å²) in [5, 5.41) is -0.191. The van der Waals surface area contributed by atoms with Gasteiger partial charge >= 0.3 is 5.97 Å². The van der Waals surface area contributed by atoms with E-state index in [4.69, 9.17) is 4.74 Å². The average molecular weight is 417 g/mol. The maximum atomic E-state index is 11.8. The third-order valence-electron chi connectivity index (χ3n) is 4.49. The molecule has 2 nitrogen and oxygen atoms in total. The smallest absolute Gasteiger partial charge is 0.319 e. The zero-order valence-corrected chi connectivity index (χ0v) is 18.9. The molecule has 152 valence electrons. The molecule has 0 aliphatic carbocycles. The second-order valence-corrected chi connectivity index (χ2v) is 9.41. The van der Waals surface area contributed by atoms with Crippen LogP contribution in [0.15, 0.2) is 58.3 Å². The van der Waals surface area contributed by atoms with Crippen LogP contribution in [-0.2, 0) is 9.53 Å². The van der Waals surface area contributed by atoms with E-state index in [1.807, 2.05) is 25.6 Å². The van der Waals surface area contributed by atoms with E-state index >= 15 is 0 Å². The fraction of sp³-hybridized carbons (Fsp3) is 0.458. The highest BCUT2D eigenvalue weighted by molar-refractivity contribution is 8.00. The summed E-state index contributed by atoms with van der Waals surface area (Å²) in [6, 6.07) is 17.2. The number of rotatable bonds is 12. The minimum absolute atomic E-state index is 0.157. The standard InChI is InChI=1S/C24H32O2S2/c1-4-6-7-8-9-18-27-22-14-10-20(11-15-22)21-12-16-23(17-13-21)28-19(3)24(25)26-5-2/h10-17,19H,4-9,18H2,1-3H3/t19-/m1/s1. The number of esters is 1. The van der Waals surface area contributed by atoms with Crippen LogP contribution in [-0.4, -0.2) is 23.6 Å². The van der Waals surface area contributed by atoms with E-state index in [2.05, 4.69) is 55.5 Å². The van der Waals surface area contributed by atoms with Crippen molar-refractivity contribution in [2.75, 3.05) is 12.4 Å². The second kappa shape index (κ2) is 12.9. The summed E-state index contributed by atoms with van der Waals surface area (Å²) >= 11 is 3.49. The van der Waals surface area contributed by atoms with Crippen LogP contribution in [0.3, 0.4) is 0 Å². The van der Waals surface area contributed by atoms with Crippen LogP contribution in [0.1, 0.15) is 52.9 Å². The van der Waals surface area contributed by atoms with Crippen molar-refractivity contribution in [2.24, 2.45) is 0 Å². The van der Waals surface area contributed by atoms with Gasteiger partial charge in [0.1, 0.15) is 5.25 Å². The van der Waals surface area contributed by atoms with Crippen LogP contribution in [0, 0.1) is 0 Å². The number of thioether (sulfide) groups is 2. The number of benzene rings is 2. The fourth-order valence-corrected chi connectivity index (χ4v) is 4.66. The van der Waals surface area contributed by atoms with Crippen molar-refractivity contribution < 1.29 is 9.53 Å². The summed E-state index contributed by atoms with van der Waals surface area (Å²) in [7, 11) is 0. The molecular formula is C24H32O2S2. The first-order valence-electron chi connectivity index (χ1n) is 10.3. The molecule has 2 aromatic rings. The number of carbonyl (C=O) groups excluding carboxylic acids is 1. The summed E-state index contributed by atoms with van der Waals surface area (Å²) in [5.41, 5.74) is 2.42. The van der Waals surface area contributed by atoms with Crippen LogP contribution in [0.2, 0.25) is 0 Å². The SMILES string of the molecule is CCCCCCCSc1ccc(-c2ccc(S[C@H](C)C(=O)OCC)cc2)cc1. The van der Waals surface area contributed by atoms with Gasteiger partial charge in [0, 0.05) is 9.79 Å². The first-order valence-corrected chi connectivity index (χ1v) is 12.2.